The van der Waals surface area contributed by atoms with Crippen LogP contribution in [-0.2, 0) is 16.4 Å². The molecule has 2 heteroatoms. The van der Waals surface area contributed by atoms with E-state index >= 15 is 0 Å². The molecule has 2 heterocycles. The highest BCUT2D eigenvalue weighted by Gasteiger charge is 3.04. The summed E-state index contributed by atoms with van der Waals surface area (Å²) < 4.78 is 2.74. The van der Waals surface area contributed by atoms with E-state index in [2.05, 4.69) is 89.6 Å². The second kappa shape index (κ2) is 6.49. The molecule has 3 saturated carbocycles. The molecule has 2 nitrogen and oxygen atoms in total. The zero-order valence-corrected chi connectivity index (χ0v) is 24.5. The van der Waals surface area contributed by atoms with Crippen molar-refractivity contribution in [1.29, 1.82) is 5.26 Å². The zero-order valence-electron chi connectivity index (χ0n) is 24.5. The predicted molar refractivity (Wildman–Crippen MR) is 154 cm³/mol. The summed E-state index contributed by atoms with van der Waals surface area (Å²) >= 11 is 0. The normalized spacial score (nSPS) is 42.3. The molecule has 5 aliphatic rings. The van der Waals surface area contributed by atoms with Gasteiger partial charge in [-0.1, -0.05) is 72.1 Å². The van der Waals surface area contributed by atoms with Crippen LogP contribution in [0.3, 0.4) is 0 Å². The minimum Gasteiger partial charge on any atom is -0.192 e. The van der Waals surface area contributed by atoms with E-state index in [1.54, 1.807) is 11.1 Å². The topological polar surface area (TPSA) is 27.7 Å². The van der Waals surface area contributed by atoms with Gasteiger partial charge in [0.25, 0.3) is 0 Å². The van der Waals surface area contributed by atoms with Crippen LogP contribution in [0.1, 0.15) is 128 Å². The molecule has 0 saturated heterocycles. The summed E-state index contributed by atoms with van der Waals surface area (Å²) in [4.78, 5) is 0. The van der Waals surface area contributed by atoms with Gasteiger partial charge in [0, 0.05) is 29.7 Å². The van der Waals surface area contributed by atoms with Crippen molar-refractivity contribution in [3.63, 3.8) is 0 Å². The van der Waals surface area contributed by atoms with E-state index in [1.165, 1.54) is 60.4 Å². The molecule has 0 radical (unpaired) electrons. The highest BCUT2D eigenvalue weighted by Crippen LogP contribution is 3.09. The second-order valence-electron chi connectivity index (χ2n) is 14.7. The van der Waals surface area contributed by atoms with Gasteiger partial charge in [-0.05, 0) is 72.0 Å². The average molecular weight is 504 g/mol. The number of benzene rings is 2. The molecule has 7 atom stereocenters. The van der Waals surface area contributed by atoms with Crippen molar-refractivity contribution >= 4 is 21.7 Å². The van der Waals surface area contributed by atoms with E-state index in [4.69, 9.17) is 0 Å². The van der Waals surface area contributed by atoms with Crippen molar-refractivity contribution in [2.45, 2.75) is 122 Å². The van der Waals surface area contributed by atoms with Gasteiger partial charge in [-0.15, -0.1) is 0 Å². The lowest BCUT2D eigenvalue weighted by Gasteiger charge is -2.53. The highest BCUT2D eigenvalue weighted by molar-refractivity contribution is 6.10. The Kier molecular flexibility index (Phi) is 4.01. The molecular formula is C36H43N2+. The lowest BCUT2D eigenvalue weighted by atomic mass is 9.49. The van der Waals surface area contributed by atoms with Gasteiger partial charge in [-0.2, -0.15) is 9.83 Å². The van der Waals surface area contributed by atoms with E-state index in [-0.39, 0.29) is 16.4 Å². The van der Waals surface area contributed by atoms with E-state index in [1.807, 2.05) is 0 Å². The van der Waals surface area contributed by atoms with Crippen LogP contribution >= 0.6 is 0 Å². The largest absolute Gasteiger partial charge is 0.221 e. The highest BCUT2D eigenvalue weighted by atomic mass is 15.1. The van der Waals surface area contributed by atoms with Crippen LogP contribution in [0.4, 0.5) is 0 Å². The van der Waals surface area contributed by atoms with Crippen molar-refractivity contribution < 1.29 is 4.57 Å². The molecule has 1 spiro atoms. The Hall–Kier alpha value is -2.40. The third-order valence-electron chi connectivity index (χ3n) is 14.4. The first-order valence-corrected chi connectivity index (χ1v) is 15.5. The van der Waals surface area contributed by atoms with Gasteiger partial charge in [-0.25, -0.2) is 0 Å². The number of aromatic nitrogens is 1. The standard InChI is InChI=1S/C36H43N2/c1-8-11-12-16-35-21-32(5)29-24-17-22(19-37)23-14-13-15-26-28(23)30(24)38(34(7,10-3)31(26,4)9-2)20-25(29)27-18-33(35,6)36(27,32)35/h13-15,17,20,27H,8-12,16,18,21H2,1-7H3/q+1. The molecule has 4 aliphatic carbocycles. The Labute approximate surface area is 228 Å². The van der Waals surface area contributed by atoms with Gasteiger partial charge in [-0.3, -0.25) is 0 Å². The van der Waals surface area contributed by atoms with Crippen LogP contribution < -0.4 is 4.57 Å². The number of rotatable bonds is 6. The molecule has 1 aromatic heterocycles. The Morgan fingerprint density at radius 1 is 1.03 bits per heavy atom. The van der Waals surface area contributed by atoms with Gasteiger partial charge >= 0.3 is 0 Å². The summed E-state index contributed by atoms with van der Waals surface area (Å²) in [7, 11) is 0. The van der Waals surface area contributed by atoms with Crippen LogP contribution in [0.2, 0.25) is 0 Å². The molecule has 0 bridgehead atoms. The van der Waals surface area contributed by atoms with Gasteiger partial charge in [0.15, 0.2) is 11.7 Å². The summed E-state index contributed by atoms with van der Waals surface area (Å²) in [6, 6.07) is 11.7. The fraction of sp³-hybridized carbons (Fsp3) is 0.611. The summed E-state index contributed by atoms with van der Waals surface area (Å²) in [6.07, 6.45) is 13.1. The Balaban J connectivity index is 1.48. The van der Waals surface area contributed by atoms with Crippen molar-refractivity contribution in [3.05, 3.63) is 52.7 Å². The molecule has 3 aromatic rings. The maximum absolute atomic E-state index is 10.4. The Morgan fingerprint density at radius 2 is 1.82 bits per heavy atom. The maximum Gasteiger partial charge on any atom is 0.221 e. The van der Waals surface area contributed by atoms with Gasteiger partial charge in [0.1, 0.15) is 0 Å². The van der Waals surface area contributed by atoms with Crippen molar-refractivity contribution in [1.82, 2.24) is 0 Å². The summed E-state index contributed by atoms with van der Waals surface area (Å²) in [6.45, 7) is 17.4. The number of pyridine rings is 1. The van der Waals surface area contributed by atoms with Crippen LogP contribution in [0.25, 0.3) is 21.7 Å². The van der Waals surface area contributed by atoms with E-state index < -0.39 is 0 Å². The lowest BCUT2D eigenvalue weighted by molar-refractivity contribution is -0.751. The molecule has 8 rings (SSSR count). The number of hydrogen-bond acceptors (Lipinski definition) is 1. The van der Waals surface area contributed by atoms with E-state index in [0.717, 1.165) is 23.8 Å². The second-order valence-corrected chi connectivity index (χ2v) is 14.7. The van der Waals surface area contributed by atoms with Crippen LogP contribution in [0, 0.1) is 27.6 Å². The number of hydrogen-bond donors (Lipinski definition) is 0. The summed E-state index contributed by atoms with van der Waals surface area (Å²) in [5.41, 5.74) is 8.76. The number of unbranched alkanes of at least 4 members (excludes halogenated alkanes) is 2. The lowest BCUT2D eigenvalue weighted by Crippen LogP contribution is -2.66. The molecule has 0 amide bonds. The minimum absolute atomic E-state index is 0.00552. The van der Waals surface area contributed by atoms with Gasteiger partial charge < -0.3 is 0 Å². The molecular weight excluding hydrogens is 460 g/mol. The van der Waals surface area contributed by atoms with Crippen molar-refractivity contribution in [2.24, 2.45) is 16.2 Å². The van der Waals surface area contributed by atoms with E-state index in [0.29, 0.717) is 22.2 Å². The molecule has 0 N–H and O–H groups in total. The molecule has 2 aromatic carbocycles. The van der Waals surface area contributed by atoms with Gasteiger partial charge in [0.05, 0.1) is 27.8 Å². The third-order valence-corrected chi connectivity index (χ3v) is 14.4. The fourth-order valence-corrected chi connectivity index (χ4v) is 12.7. The van der Waals surface area contributed by atoms with Crippen LogP contribution in [0.5, 0.6) is 0 Å². The minimum atomic E-state index is -0.0144. The molecule has 1 aliphatic heterocycles. The smallest absolute Gasteiger partial charge is 0.192 e. The Morgan fingerprint density at radius 3 is 2.50 bits per heavy atom. The quantitative estimate of drug-likeness (QED) is 0.188. The number of fused-ring (bicyclic) bond motifs is 5. The zero-order chi connectivity index (χ0) is 26.7. The number of nitrogens with zero attached hydrogens (tertiary/aromatic N) is 2. The SMILES string of the molecule is CCCCCC12CC3(C)c4c(c[n+]5c6c4cc(C#N)c4cccc(c46)C(C)(CC)C5(C)CC)C4CC1(C)C432. The molecule has 3 fully saturated rings. The van der Waals surface area contributed by atoms with Crippen molar-refractivity contribution in [2.75, 3.05) is 0 Å². The van der Waals surface area contributed by atoms with Gasteiger partial charge in [0.2, 0.25) is 5.52 Å². The molecule has 196 valence electrons. The predicted octanol–water partition coefficient (Wildman–Crippen LogP) is 8.69. The van der Waals surface area contributed by atoms with Crippen molar-refractivity contribution in [3.8, 4) is 6.07 Å². The first-order chi connectivity index (χ1) is 18.1. The maximum atomic E-state index is 10.4. The monoisotopic (exact) mass is 503 g/mol. The average Bonchev–Trinajstić information content (AvgIpc) is 3.12. The first kappa shape index (κ1) is 23.5. The number of nitriles is 1. The first-order valence-electron chi connectivity index (χ1n) is 15.5. The van der Waals surface area contributed by atoms with Crippen LogP contribution in [0.15, 0.2) is 30.5 Å². The molecule has 38 heavy (non-hydrogen) atoms. The fourth-order valence-electron chi connectivity index (χ4n) is 12.7. The van der Waals surface area contributed by atoms with Crippen LogP contribution in [-0.4, -0.2) is 0 Å². The summed E-state index contributed by atoms with van der Waals surface area (Å²) in [5.74, 6) is 0.698. The third kappa shape index (κ3) is 1.83. The Bertz CT molecular complexity index is 1660. The molecule has 7 unspecified atom stereocenters. The van der Waals surface area contributed by atoms with E-state index in [9.17, 15) is 5.26 Å². The summed E-state index contributed by atoms with van der Waals surface area (Å²) in [5, 5.41) is 14.3.